The first-order chi connectivity index (χ1) is 14.8. The Labute approximate surface area is 207 Å². The highest BCUT2D eigenvalue weighted by atomic mass is 79.9. The number of halogens is 4. The van der Waals surface area contributed by atoms with Crippen LogP contribution in [0.15, 0.2) is 46.0 Å². The van der Waals surface area contributed by atoms with Crippen molar-refractivity contribution in [2.24, 2.45) is 0 Å². The minimum absolute atomic E-state index is 0.122. The molecule has 1 amide bonds. The topological polar surface area (TPSA) is 69.0 Å². The van der Waals surface area contributed by atoms with Crippen LogP contribution >= 0.6 is 62.5 Å². The molecule has 1 N–H and O–H groups in total. The standard InChI is InChI=1S/C20H18BrCl3N4O2S/c1-3-28-19(11(2)30-13-6-4-12(21)5-7-13)26-27-20(28)31-10-18(29)25-17-9-15(23)14(22)8-16(17)24/h4-9,11H,3,10H2,1-2H3,(H,25,29). The van der Waals surface area contributed by atoms with Crippen LogP contribution in [0.3, 0.4) is 0 Å². The number of anilines is 1. The average Bonchev–Trinajstić information content (AvgIpc) is 3.15. The van der Waals surface area contributed by atoms with E-state index in [0.717, 1.165) is 10.2 Å². The molecule has 0 saturated carbocycles. The molecule has 1 atom stereocenters. The smallest absolute Gasteiger partial charge is 0.234 e. The van der Waals surface area contributed by atoms with Crippen LogP contribution < -0.4 is 10.1 Å². The zero-order valence-corrected chi connectivity index (χ0v) is 21.2. The van der Waals surface area contributed by atoms with E-state index in [-0.39, 0.29) is 17.8 Å². The third-order valence-electron chi connectivity index (χ3n) is 4.17. The number of hydrogen-bond donors (Lipinski definition) is 1. The van der Waals surface area contributed by atoms with Crippen molar-refractivity contribution in [1.82, 2.24) is 14.8 Å². The predicted molar refractivity (Wildman–Crippen MR) is 130 cm³/mol. The van der Waals surface area contributed by atoms with E-state index in [1.165, 1.54) is 23.9 Å². The van der Waals surface area contributed by atoms with Crippen LogP contribution in [-0.4, -0.2) is 26.4 Å². The van der Waals surface area contributed by atoms with Gasteiger partial charge in [0.1, 0.15) is 5.75 Å². The summed E-state index contributed by atoms with van der Waals surface area (Å²) >= 11 is 22.7. The van der Waals surface area contributed by atoms with Gasteiger partial charge < -0.3 is 14.6 Å². The van der Waals surface area contributed by atoms with E-state index in [4.69, 9.17) is 39.5 Å². The summed E-state index contributed by atoms with van der Waals surface area (Å²) in [6.07, 6.45) is -0.313. The Hall–Kier alpha value is -1.45. The molecule has 0 spiro atoms. The van der Waals surface area contributed by atoms with Crippen LogP contribution in [0.25, 0.3) is 0 Å². The summed E-state index contributed by atoms with van der Waals surface area (Å²) in [4.78, 5) is 12.4. The van der Waals surface area contributed by atoms with Crippen molar-refractivity contribution in [3.05, 3.63) is 61.8 Å². The molecule has 3 aromatic rings. The van der Waals surface area contributed by atoms with E-state index in [2.05, 4.69) is 31.4 Å². The molecular formula is C20H18BrCl3N4O2S. The highest BCUT2D eigenvalue weighted by Gasteiger charge is 2.20. The van der Waals surface area contributed by atoms with Crippen molar-refractivity contribution < 1.29 is 9.53 Å². The van der Waals surface area contributed by atoms with Crippen LogP contribution in [0.4, 0.5) is 5.69 Å². The Bertz CT molecular complexity index is 1080. The van der Waals surface area contributed by atoms with E-state index in [1.807, 2.05) is 42.7 Å². The third-order valence-corrected chi connectivity index (χ3v) is 6.70. The molecule has 3 rings (SSSR count). The maximum absolute atomic E-state index is 12.4. The van der Waals surface area contributed by atoms with Gasteiger partial charge in [-0.25, -0.2) is 0 Å². The van der Waals surface area contributed by atoms with E-state index in [1.54, 1.807) is 0 Å². The highest BCUT2D eigenvalue weighted by Crippen LogP contribution is 2.32. The van der Waals surface area contributed by atoms with E-state index >= 15 is 0 Å². The number of nitrogens with zero attached hydrogens (tertiary/aromatic N) is 3. The Balaban J connectivity index is 1.64. The fourth-order valence-corrected chi connectivity index (χ4v) is 4.38. The average molecular weight is 565 g/mol. The van der Waals surface area contributed by atoms with Crippen LogP contribution in [0, 0.1) is 0 Å². The van der Waals surface area contributed by atoms with Crippen LogP contribution in [0.1, 0.15) is 25.8 Å². The lowest BCUT2D eigenvalue weighted by Crippen LogP contribution is -2.15. The maximum atomic E-state index is 12.4. The number of amides is 1. The molecule has 0 aliphatic rings. The second kappa shape index (κ2) is 10.9. The maximum Gasteiger partial charge on any atom is 0.234 e. The molecule has 1 unspecified atom stereocenters. The quantitative estimate of drug-likeness (QED) is 0.238. The van der Waals surface area contributed by atoms with Gasteiger partial charge in [-0.2, -0.15) is 0 Å². The van der Waals surface area contributed by atoms with Crippen LogP contribution in [0.5, 0.6) is 5.75 Å². The first-order valence-corrected chi connectivity index (χ1v) is 12.1. The minimum Gasteiger partial charge on any atom is -0.483 e. The van der Waals surface area contributed by atoms with Gasteiger partial charge in [0.2, 0.25) is 5.91 Å². The van der Waals surface area contributed by atoms with Gasteiger partial charge in [0.25, 0.3) is 0 Å². The zero-order chi connectivity index (χ0) is 22.5. The van der Waals surface area contributed by atoms with E-state index in [0.29, 0.717) is 38.3 Å². The van der Waals surface area contributed by atoms with Gasteiger partial charge >= 0.3 is 0 Å². The lowest BCUT2D eigenvalue weighted by Gasteiger charge is -2.15. The lowest BCUT2D eigenvalue weighted by atomic mass is 10.3. The molecule has 1 heterocycles. The normalized spacial score (nSPS) is 11.9. The molecule has 0 aliphatic carbocycles. The molecule has 0 fully saturated rings. The summed E-state index contributed by atoms with van der Waals surface area (Å²) < 4.78 is 8.88. The Kier molecular flexibility index (Phi) is 8.52. The Morgan fingerprint density at radius 1 is 1.16 bits per heavy atom. The molecule has 0 radical (unpaired) electrons. The van der Waals surface area contributed by atoms with Gasteiger partial charge in [0, 0.05) is 11.0 Å². The Morgan fingerprint density at radius 2 is 1.84 bits per heavy atom. The lowest BCUT2D eigenvalue weighted by molar-refractivity contribution is -0.113. The number of hydrogen-bond acceptors (Lipinski definition) is 5. The number of nitrogens with one attached hydrogen (secondary N) is 1. The van der Waals surface area contributed by atoms with Gasteiger partial charge in [0.05, 0.1) is 26.5 Å². The second-order valence-electron chi connectivity index (χ2n) is 6.38. The zero-order valence-electron chi connectivity index (χ0n) is 16.5. The number of rotatable bonds is 8. The highest BCUT2D eigenvalue weighted by molar-refractivity contribution is 9.10. The molecule has 31 heavy (non-hydrogen) atoms. The van der Waals surface area contributed by atoms with Crippen molar-refractivity contribution in [1.29, 1.82) is 0 Å². The monoisotopic (exact) mass is 562 g/mol. The summed E-state index contributed by atoms with van der Waals surface area (Å²) in [5, 5.41) is 12.8. The first-order valence-electron chi connectivity index (χ1n) is 9.21. The van der Waals surface area contributed by atoms with Crippen molar-refractivity contribution in [2.45, 2.75) is 31.7 Å². The largest absolute Gasteiger partial charge is 0.483 e. The first kappa shape index (κ1) is 24.2. The summed E-state index contributed by atoms with van der Waals surface area (Å²) in [6.45, 7) is 4.53. The van der Waals surface area contributed by atoms with Crippen molar-refractivity contribution in [2.75, 3.05) is 11.1 Å². The van der Waals surface area contributed by atoms with Gasteiger partial charge in [-0.3, -0.25) is 4.79 Å². The minimum atomic E-state index is -0.313. The fourth-order valence-electron chi connectivity index (χ4n) is 2.71. The van der Waals surface area contributed by atoms with Crippen molar-refractivity contribution in [3.63, 3.8) is 0 Å². The predicted octanol–water partition coefficient (Wildman–Crippen LogP) is 6.89. The summed E-state index contributed by atoms with van der Waals surface area (Å²) in [7, 11) is 0. The SMILES string of the molecule is CCn1c(SCC(=O)Nc2cc(Cl)c(Cl)cc2Cl)nnc1C(C)Oc1ccc(Br)cc1. The van der Waals surface area contributed by atoms with Gasteiger partial charge in [-0.15, -0.1) is 10.2 Å². The molecule has 6 nitrogen and oxygen atoms in total. The fraction of sp³-hybridized carbons (Fsp3) is 0.250. The second-order valence-corrected chi connectivity index (χ2v) is 9.46. The van der Waals surface area contributed by atoms with Crippen molar-refractivity contribution in [3.8, 4) is 5.75 Å². The number of thioether (sulfide) groups is 1. The van der Waals surface area contributed by atoms with E-state index in [9.17, 15) is 4.79 Å². The van der Waals surface area contributed by atoms with Gasteiger partial charge in [-0.1, -0.05) is 62.5 Å². The van der Waals surface area contributed by atoms with Crippen molar-refractivity contribution >= 4 is 74.1 Å². The summed E-state index contributed by atoms with van der Waals surface area (Å²) in [5.74, 6) is 1.28. The van der Waals surface area contributed by atoms with Crippen LogP contribution in [0.2, 0.25) is 15.1 Å². The molecule has 0 aliphatic heterocycles. The Morgan fingerprint density at radius 3 is 2.52 bits per heavy atom. The molecule has 11 heteroatoms. The molecular weight excluding hydrogens is 547 g/mol. The molecule has 164 valence electrons. The number of benzene rings is 2. The number of ether oxygens (including phenoxy) is 1. The number of aromatic nitrogens is 3. The summed E-state index contributed by atoms with van der Waals surface area (Å²) in [5.41, 5.74) is 0.399. The molecule has 2 aromatic carbocycles. The van der Waals surface area contributed by atoms with Crippen LogP contribution in [-0.2, 0) is 11.3 Å². The number of carbonyl (C=O) groups excluding carboxylic acids is 1. The van der Waals surface area contributed by atoms with Gasteiger partial charge in [-0.05, 0) is 50.2 Å². The summed E-state index contributed by atoms with van der Waals surface area (Å²) in [6, 6.07) is 10.6. The molecule has 1 aromatic heterocycles. The molecule has 0 bridgehead atoms. The van der Waals surface area contributed by atoms with Gasteiger partial charge in [0.15, 0.2) is 17.1 Å². The van der Waals surface area contributed by atoms with E-state index < -0.39 is 0 Å². The number of carbonyl (C=O) groups is 1. The third kappa shape index (κ3) is 6.29. The molecule has 0 saturated heterocycles.